The van der Waals surface area contributed by atoms with Crippen LogP contribution >= 0.6 is 0 Å². The zero-order chi connectivity index (χ0) is 11.7. The van der Waals surface area contributed by atoms with E-state index in [2.05, 4.69) is 10.6 Å². The standard InChI is InChI=1S/C13H16N2O2/c16-13-8-17-12-5-4-10(6-11(12)15-13)14-7-9-2-1-3-9/h4-6,9,14H,1-3,7-8H2,(H,15,16). The number of carbonyl (C=O) groups is 1. The lowest BCUT2D eigenvalue weighted by Crippen LogP contribution is -2.25. The number of hydrogen-bond donors (Lipinski definition) is 2. The normalized spacial score (nSPS) is 18.7. The van der Waals surface area contributed by atoms with E-state index in [0.717, 1.165) is 29.6 Å². The lowest BCUT2D eigenvalue weighted by molar-refractivity contribution is -0.118. The first-order valence-electron chi connectivity index (χ1n) is 6.12. The van der Waals surface area contributed by atoms with E-state index < -0.39 is 0 Å². The molecular weight excluding hydrogens is 216 g/mol. The van der Waals surface area contributed by atoms with Crippen LogP contribution < -0.4 is 15.4 Å². The van der Waals surface area contributed by atoms with Crippen LogP contribution in [0.2, 0.25) is 0 Å². The number of hydrogen-bond acceptors (Lipinski definition) is 3. The van der Waals surface area contributed by atoms with Gasteiger partial charge in [0.15, 0.2) is 6.61 Å². The maximum atomic E-state index is 11.2. The molecule has 0 radical (unpaired) electrons. The summed E-state index contributed by atoms with van der Waals surface area (Å²) >= 11 is 0. The predicted molar refractivity (Wildman–Crippen MR) is 66.4 cm³/mol. The Kier molecular flexibility index (Phi) is 2.63. The fourth-order valence-electron chi connectivity index (χ4n) is 2.15. The van der Waals surface area contributed by atoms with Crippen molar-refractivity contribution in [3.05, 3.63) is 18.2 Å². The number of carbonyl (C=O) groups excluding carboxylic acids is 1. The molecule has 1 aliphatic heterocycles. The highest BCUT2D eigenvalue weighted by Gasteiger charge is 2.18. The van der Waals surface area contributed by atoms with Gasteiger partial charge in [-0.3, -0.25) is 4.79 Å². The van der Waals surface area contributed by atoms with Gasteiger partial charge in [-0.1, -0.05) is 6.42 Å². The highest BCUT2D eigenvalue weighted by Crippen LogP contribution is 2.31. The summed E-state index contributed by atoms with van der Waals surface area (Å²) in [5, 5.41) is 6.22. The minimum Gasteiger partial charge on any atom is -0.482 e. The molecule has 90 valence electrons. The number of nitrogens with one attached hydrogen (secondary N) is 2. The van der Waals surface area contributed by atoms with Crippen molar-refractivity contribution in [2.45, 2.75) is 19.3 Å². The Morgan fingerprint density at radius 1 is 1.41 bits per heavy atom. The van der Waals surface area contributed by atoms with E-state index in [-0.39, 0.29) is 12.5 Å². The molecule has 1 amide bonds. The van der Waals surface area contributed by atoms with Gasteiger partial charge in [0.1, 0.15) is 5.75 Å². The summed E-state index contributed by atoms with van der Waals surface area (Å²) < 4.78 is 5.31. The lowest BCUT2D eigenvalue weighted by Gasteiger charge is -2.26. The van der Waals surface area contributed by atoms with Crippen LogP contribution in [0.4, 0.5) is 11.4 Å². The van der Waals surface area contributed by atoms with Gasteiger partial charge in [-0.2, -0.15) is 0 Å². The molecule has 2 aliphatic rings. The maximum Gasteiger partial charge on any atom is 0.262 e. The number of anilines is 2. The Morgan fingerprint density at radius 2 is 2.29 bits per heavy atom. The van der Waals surface area contributed by atoms with Gasteiger partial charge in [0.25, 0.3) is 5.91 Å². The van der Waals surface area contributed by atoms with Crippen molar-refractivity contribution in [2.24, 2.45) is 5.92 Å². The molecule has 0 atom stereocenters. The van der Waals surface area contributed by atoms with E-state index in [9.17, 15) is 4.79 Å². The summed E-state index contributed by atoms with van der Waals surface area (Å²) in [6.07, 6.45) is 4.02. The number of ether oxygens (including phenoxy) is 1. The highest BCUT2D eigenvalue weighted by molar-refractivity contribution is 5.95. The first-order chi connectivity index (χ1) is 8.31. The number of benzene rings is 1. The molecule has 1 aromatic carbocycles. The predicted octanol–water partition coefficient (Wildman–Crippen LogP) is 2.23. The Balaban J connectivity index is 1.68. The average Bonchev–Trinajstić information content (AvgIpc) is 2.26. The fraction of sp³-hybridized carbons (Fsp3) is 0.462. The highest BCUT2D eigenvalue weighted by atomic mass is 16.5. The molecule has 1 fully saturated rings. The fourth-order valence-corrected chi connectivity index (χ4v) is 2.15. The average molecular weight is 232 g/mol. The number of amides is 1. The second-order valence-corrected chi connectivity index (χ2v) is 4.73. The Bertz CT molecular complexity index is 441. The minimum absolute atomic E-state index is 0.0892. The van der Waals surface area contributed by atoms with Crippen molar-refractivity contribution in [2.75, 3.05) is 23.8 Å². The van der Waals surface area contributed by atoms with Gasteiger partial charge in [0, 0.05) is 12.2 Å². The minimum atomic E-state index is -0.0892. The van der Waals surface area contributed by atoms with Crippen LogP contribution in [0.3, 0.4) is 0 Å². The second kappa shape index (κ2) is 4.28. The van der Waals surface area contributed by atoms with E-state index in [0.29, 0.717) is 0 Å². The van der Waals surface area contributed by atoms with E-state index in [4.69, 9.17) is 4.74 Å². The van der Waals surface area contributed by atoms with Gasteiger partial charge in [-0.25, -0.2) is 0 Å². The van der Waals surface area contributed by atoms with Crippen molar-refractivity contribution in [3.8, 4) is 5.75 Å². The Morgan fingerprint density at radius 3 is 3.06 bits per heavy atom. The second-order valence-electron chi connectivity index (χ2n) is 4.73. The summed E-state index contributed by atoms with van der Waals surface area (Å²) in [4.78, 5) is 11.2. The van der Waals surface area contributed by atoms with Crippen molar-refractivity contribution < 1.29 is 9.53 Å². The molecule has 0 unspecified atom stereocenters. The molecule has 1 aromatic rings. The van der Waals surface area contributed by atoms with Gasteiger partial charge < -0.3 is 15.4 Å². The zero-order valence-electron chi connectivity index (χ0n) is 9.66. The summed E-state index contributed by atoms with van der Waals surface area (Å²) in [7, 11) is 0. The molecule has 1 heterocycles. The van der Waals surface area contributed by atoms with Gasteiger partial charge in [-0.05, 0) is 37.0 Å². The van der Waals surface area contributed by atoms with Crippen LogP contribution in [0.25, 0.3) is 0 Å². The van der Waals surface area contributed by atoms with Crippen LogP contribution in [0.1, 0.15) is 19.3 Å². The quantitative estimate of drug-likeness (QED) is 0.840. The Hall–Kier alpha value is -1.71. The molecule has 0 aromatic heterocycles. The molecule has 3 rings (SSSR count). The molecule has 0 spiro atoms. The summed E-state index contributed by atoms with van der Waals surface area (Å²) in [6.45, 7) is 1.13. The van der Waals surface area contributed by atoms with Gasteiger partial charge in [-0.15, -0.1) is 0 Å². The monoisotopic (exact) mass is 232 g/mol. The lowest BCUT2D eigenvalue weighted by atomic mass is 9.85. The number of fused-ring (bicyclic) bond motifs is 1. The topological polar surface area (TPSA) is 50.4 Å². The molecule has 0 saturated heterocycles. The third kappa shape index (κ3) is 2.20. The summed E-state index contributed by atoms with van der Waals surface area (Å²) in [6, 6.07) is 5.83. The molecule has 17 heavy (non-hydrogen) atoms. The van der Waals surface area contributed by atoms with Crippen LogP contribution in [0.15, 0.2) is 18.2 Å². The van der Waals surface area contributed by atoms with Crippen molar-refractivity contribution in [1.29, 1.82) is 0 Å². The van der Waals surface area contributed by atoms with Crippen LogP contribution in [0, 0.1) is 5.92 Å². The van der Waals surface area contributed by atoms with Crippen molar-refractivity contribution in [1.82, 2.24) is 0 Å². The molecule has 0 bridgehead atoms. The van der Waals surface area contributed by atoms with E-state index in [1.807, 2.05) is 18.2 Å². The number of rotatable bonds is 3. The molecular formula is C13H16N2O2. The first-order valence-corrected chi connectivity index (χ1v) is 6.12. The SMILES string of the molecule is O=C1COc2ccc(NCC3CCC3)cc2N1. The van der Waals surface area contributed by atoms with Crippen LogP contribution in [-0.4, -0.2) is 19.1 Å². The van der Waals surface area contributed by atoms with E-state index in [1.165, 1.54) is 19.3 Å². The van der Waals surface area contributed by atoms with E-state index in [1.54, 1.807) is 0 Å². The molecule has 2 N–H and O–H groups in total. The molecule has 4 heteroatoms. The maximum absolute atomic E-state index is 11.2. The third-order valence-corrected chi connectivity index (χ3v) is 3.43. The first kappa shape index (κ1) is 10.4. The van der Waals surface area contributed by atoms with Gasteiger partial charge >= 0.3 is 0 Å². The molecule has 1 saturated carbocycles. The van der Waals surface area contributed by atoms with Gasteiger partial charge in [0.05, 0.1) is 5.69 Å². The summed E-state index contributed by atoms with van der Waals surface area (Å²) in [5.74, 6) is 1.48. The zero-order valence-corrected chi connectivity index (χ0v) is 9.66. The third-order valence-electron chi connectivity index (χ3n) is 3.43. The van der Waals surface area contributed by atoms with Crippen molar-refractivity contribution >= 4 is 17.3 Å². The molecule has 1 aliphatic carbocycles. The summed E-state index contributed by atoms with van der Waals surface area (Å²) in [5.41, 5.74) is 1.81. The largest absolute Gasteiger partial charge is 0.482 e. The smallest absolute Gasteiger partial charge is 0.262 e. The van der Waals surface area contributed by atoms with Crippen LogP contribution in [0.5, 0.6) is 5.75 Å². The van der Waals surface area contributed by atoms with E-state index >= 15 is 0 Å². The molecule has 4 nitrogen and oxygen atoms in total. The van der Waals surface area contributed by atoms with Gasteiger partial charge in [0.2, 0.25) is 0 Å². The van der Waals surface area contributed by atoms with Crippen LogP contribution in [-0.2, 0) is 4.79 Å². The van der Waals surface area contributed by atoms with Crippen molar-refractivity contribution in [3.63, 3.8) is 0 Å². The Labute approximate surface area is 100 Å².